The van der Waals surface area contributed by atoms with Crippen molar-refractivity contribution < 1.29 is 4.74 Å². The highest BCUT2D eigenvalue weighted by Gasteiger charge is 2.11. The lowest BCUT2D eigenvalue weighted by atomic mass is 10.1. The minimum atomic E-state index is 0.357. The summed E-state index contributed by atoms with van der Waals surface area (Å²) >= 11 is 5.18. The predicted molar refractivity (Wildman–Crippen MR) is 89.4 cm³/mol. The smallest absolute Gasteiger partial charge is 0.129 e. The van der Waals surface area contributed by atoms with Crippen molar-refractivity contribution in [1.82, 2.24) is 5.32 Å². The number of thiocarbonyl (C=S) groups is 1. The van der Waals surface area contributed by atoms with Gasteiger partial charge in [-0.1, -0.05) is 24.4 Å². The molecule has 5 heteroatoms. The van der Waals surface area contributed by atoms with Crippen LogP contribution in [0.4, 0.5) is 5.69 Å². The number of anilines is 1. The number of hydrogen-bond donors (Lipinski definition) is 3. The number of nitrogens with one attached hydrogen (secondary N) is 3. The second-order valence-corrected chi connectivity index (χ2v) is 5.54. The van der Waals surface area contributed by atoms with E-state index in [2.05, 4.69) is 10.6 Å². The standard InChI is InChI=1S/C16H17N3OS/c17-16(11-2-1-3-14(21)9-11)19-13-4-5-15-12(8-13)10-18-6-7-20-15/h1-2,4-5,8-9,18H,3,6-7,10H2,(H2,17,19). The molecule has 0 bridgehead atoms. The van der Waals surface area contributed by atoms with E-state index >= 15 is 0 Å². The van der Waals surface area contributed by atoms with Gasteiger partial charge in [-0.05, 0) is 24.3 Å². The van der Waals surface area contributed by atoms with Crippen LogP contribution in [0.2, 0.25) is 0 Å². The zero-order valence-corrected chi connectivity index (χ0v) is 12.4. The molecule has 0 amide bonds. The van der Waals surface area contributed by atoms with Crippen molar-refractivity contribution in [3.8, 4) is 5.75 Å². The Balaban J connectivity index is 1.76. The highest BCUT2D eigenvalue weighted by Crippen LogP contribution is 2.24. The minimum absolute atomic E-state index is 0.357. The van der Waals surface area contributed by atoms with Gasteiger partial charge in [0, 0.05) is 41.2 Å². The molecule has 1 heterocycles. The zero-order chi connectivity index (χ0) is 14.7. The quantitative estimate of drug-likeness (QED) is 0.446. The number of amidine groups is 1. The van der Waals surface area contributed by atoms with E-state index in [1.807, 2.05) is 36.4 Å². The molecule has 2 aliphatic rings. The van der Waals surface area contributed by atoms with Crippen molar-refractivity contribution in [3.63, 3.8) is 0 Å². The van der Waals surface area contributed by atoms with Crippen molar-refractivity contribution in [3.05, 3.63) is 47.6 Å². The van der Waals surface area contributed by atoms with E-state index < -0.39 is 0 Å². The van der Waals surface area contributed by atoms with E-state index in [0.29, 0.717) is 12.4 Å². The van der Waals surface area contributed by atoms with Crippen LogP contribution in [0, 0.1) is 5.41 Å². The predicted octanol–water partition coefficient (Wildman–Crippen LogP) is 2.81. The molecule has 1 aliphatic heterocycles. The molecular weight excluding hydrogens is 282 g/mol. The summed E-state index contributed by atoms with van der Waals surface area (Å²) in [6.45, 7) is 2.32. The molecule has 1 aliphatic carbocycles. The van der Waals surface area contributed by atoms with Gasteiger partial charge in [-0.25, -0.2) is 0 Å². The average Bonchev–Trinajstić information content (AvgIpc) is 2.72. The Morgan fingerprint density at radius 3 is 3.14 bits per heavy atom. The lowest BCUT2D eigenvalue weighted by Gasteiger charge is -2.13. The summed E-state index contributed by atoms with van der Waals surface area (Å²) in [5.41, 5.74) is 2.81. The summed E-state index contributed by atoms with van der Waals surface area (Å²) < 4.78 is 5.66. The van der Waals surface area contributed by atoms with Crippen molar-refractivity contribution >= 4 is 28.6 Å². The van der Waals surface area contributed by atoms with Crippen LogP contribution in [-0.4, -0.2) is 23.9 Å². The van der Waals surface area contributed by atoms with Gasteiger partial charge in [0.25, 0.3) is 0 Å². The summed E-state index contributed by atoms with van der Waals surface area (Å²) in [7, 11) is 0. The molecule has 1 aromatic carbocycles. The lowest BCUT2D eigenvalue weighted by Crippen LogP contribution is -2.16. The third-order valence-electron chi connectivity index (χ3n) is 3.40. The molecule has 0 saturated carbocycles. The van der Waals surface area contributed by atoms with Crippen LogP contribution in [0.15, 0.2) is 42.0 Å². The van der Waals surface area contributed by atoms with E-state index in [9.17, 15) is 0 Å². The van der Waals surface area contributed by atoms with Gasteiger partial charge >= 0.3 is 0 Å². The molecule has 0 aromatic heterocycles. The highest BCUT2D eigenvalue weighted by atomic mass is 32.1. The van der Waals surface area contributed by atoms with E-state index in [-0.39, 0.29) is 0 Å². The van der Waals surface area contributed by atoms with Gasteiger partial charge in [0.15, 0.2) is 0 Å². The van der Waals surface area contributed by atoms with Crippen LogP contribution in [0.25, 0.3) is 0 Å². The molecule has 0 unspecified atom stereocenters. The molecule has 4 nitrogen and oxygen atoms in total. The average molecular weight is 299 g/mol. The Kier molecular flexibility index (Phi) is 4.13. The van der Waals surface area contributed by atoms with Gasteiger partial charge < -0.3 is 15.4 Å². The maximum Gasteiger partial charge on any atom is 0.129 e. The molecule has 0 radical (unpaired) electrons. The molecular formula is C16H17N3OS. The number of hydrogen-bond acceptors (Lipinski definition) is 4. The Bertz CT molecular complexity index is 649. The van der Waals surface area contributed by atoms with Gasteiger partial charge in [-0.2, -0.15) is 0 Å². The molecule has 0 spiro atoms. The Morgan fingerprint density at radius 1 is 1.38 bits per heavy atom. The van der Waals surface area contributed by atoms with E-state index in [4.69, 9.17) is 22.4 Å². The molecule has 3 rings (SSSR count). The second kappa shape index (κ2) is 6.20. The van der Waals surface area contributed by atoms with Crippen molar-refractivity contribution in [2.75, 3.05) is 18.5 Å². The molecule has 3 N–H and O–H groups in total. The summed E-state index contributed by atoms with van der Waals surface area (Å²) in [5, 5.41) is 14.6. The van der Waals surface area contributed by atoms with Crippen molar-refractivity contribution in [1.29, 1.82) is 5.41 Å². The number of fused-ring (bicyclic) bond motifs is 1. The number of ether oxygens (including phenoxy) is 1. The maximum atomic E-state index is 8.16. The molecule has 108 valence electrons. The van der Waals surface area contributed by atoms with Gasteiger partial charge in [0.2, 0.25) is 0 Å². The first kappa shape index (κ1) is 14.0. The Morgan fingerprint density at radius 2 is 2.29 bits per heavy atom. The zero-order valence-electron chi connectivity index (χ0n) is 11.6. The normalized spacial score (nSPS) is 17.3. The van der Waals surface area contributed by atoms with Gasteiger partial charge in [-0.15, -0.1) is 0 Å². The molecule has 0 fully saturated rings. The third kappa shape index (κ3) is 3.37. The maximum absolute atomic E-state index is 8.16. The van der Waals surface area contributed by atoms with Crippen LogP contribution in [-0.2, 0) is 6.54 Å². The molecule has 21 heavy (non-hydrogen) atoms. The number of rotatable bonds is 2. The number of benzene rings is 1. The summed E-state index contributed by atoms with van der Waals surface area (Å²) in [6.07, 6.45) is 6.58. The fourth-order valence-corrected chi connectivity index (χ4v) is 2.57. The van der Waals surface area contributed by atoms with Gasteiger partial charge in [-0.3, -0.25) is 5.41 Å². The van der Waals surface area contributed by atoms with Crippen LogP contribution in [0.3, 0.4) is 0 Å². The van der Waals surface area contributed by atoms with E-state index in [1.54, 1.807) is 0 Å². The first-order chi connectivity index (χ1) is 10.2. The lowest BCUT2D eigenvalue weighted by molar-refractivity contribution is 0.326. The van der Waals surface area contributed by atoms with Gasteiger partial charge in [0.05, 0.1) is 0 Å². The summed E-state index contributed by atoms with van der Waals surface area (Å²) in [5.74, 6) is 1.27. The SMILES string of the molecule is N=C(Nc1ccc2c(c1)CNCCO2)C1=CC(=S)CC=C1. The largest absolute Gasteiger partial charge is 0.492 e. The van der Waals surface area contributed by atoms with Crippen LogP contribution >= 0.6 is 12.2 Å². The van der Waals surface area contributed by atoms with Crippen LogP contribution < -0.4 is 15.4 Å². The summed E-state index contributed by atoms with van der Waals surface area (Å²) in [6, 6.07) is 5.91. The van der Waals surface area contributed by atoms with Crippen LogP contribution in [0.5, 0.6) is 5.75 Å². The van der Waals surface area contributed by atoms with E-state index in [1.165, 1.54) is 0 Å². The fraction of sp³-hybridized carbons (Fsp3) is 0.250. The fourth-order valence-electron chi connectivity index (χ4n) is 2.35. The van der Waals surface area contributed by atoms with Crippen LogP contribution in [0.1, 0.15) is 12.0 Å². The Hall–Kier alpha value is -1.98. The second-order valence-electron chi connectivity index (χ2n) is 5.02. The van der Waals surface area contributed by atoms with Crippen molar-refractivity contribution in [2.24, 2.45) is 0 Å². The minimum Gasteiger partial charge on any atom is -0.492 e. The highest BCUT2D eigenvalue weighted by molar-refractivity contribution is 7.80. The molecule has 0 saturated heterocycles. The first-order valence-electron chi connectivity index (χ1n) is 6.96. The first-order valence-corrected chi connectivity index (χ1v) is 7.37. The summed E-state index contributed by atoms with van der Waals surface area (Å²) in [4.78, 5) is 0.860. The third-order valence-corrected chi connectivity index (χ3v) is 3.69. The Labute approximate surface area is 129 Å². The topological polar surface area (TPSA) is 57.1 Å². The monoisotopic (exact) mass is 299 g/mol. The molecule has 1 aromatic rings. The van der Waals surface area contributed by atoms with E-state index in [0.717, 1.165) is 46.9 Å². The van der Waals surface area contributed by atoms with Gasteiger partial charge in [0.1, 0.15) is 18.2 Å². The van der Waals surface area contributed by atoms with Crippen molar-refractivity contribution in [2.45, 2.75) is 13.0 Å². The number of allylic oxidation sites excluding steroid dienone is 2. The molecule has 0 atom stereocenters.